The monoisotopic (exact) mass is 136 g/mol. The molecule has 0 radical (unpaired) electrons. The van der Waals surface area contributed by atoms with Crippen LogP contribution in [0, 0.1) is 23.7 Å². The first-order valence-electron chi connectivity index (χ1n) is 2.80. The third-order valence-corrected chi connectivity index (χ3v) is 0.679. The van der Waals surface area contributed by atoms with E-state index in [0.717, 1.165) is 0 Å². The number of rotatable bonds is 1. The summed E-state index contributed by atoms with van der Waals surface area (Å²) in [5, 5.41) is 0. The number of hydrogen-bond acceptors (Lipinski definition) is 2. The SMILES string of the molecule is CC#CCOC(=O)C#CC. The van der Waals surface area contributed by atoms with E-state index in [0.29, 0.717) is 0 Å². The maximum absolute atomic E-state index is 10.5. The highest BCUT2D eigenvalue weighted by Crippen LogP contribution is 1.73. The van der Waals surface area contributed by atoms with E-state index in [9.17, 15) is 4.79 Å². The Labute approximate surface area is 60.6 Å². The topological polar surface area (TPSA) is 26.3 Å². The van der Waals surface area contributed by atoms with Gasteiger partial charge in [0, 0.05) is 5.92 Å². The van der Waals surface area contributed by atoms with Crippen molar-refractivity contribution in [2.24, 2.45) is 0 Å². The first kappa shape index (κ1) is 8.59. The number of esters is 1. The Kier molecular flexibility index (Phi) is 4.91. The Morgan fingerprint density at radius 1 is 1.40 bits per heavy atom. The number of ether oxygens (including phenoxy) is 1. The van der Waals surface area contributed by atoms with Crippen molar-refractivity contribution in [3.63, 3.8) is 0 Å². The predicted molar refractivity (Wildman–Crippen MR) is 37.9 cm³/mol. The van der Waals surface area contributed by atoms with Crippen LogP contribution in [0.25, 0.3) is 0 Å². The summed E-state index contributed by atoms with van der Waals surface area (Å²) in [5.41, 5.74) is 0. The first-order chi connectivity index (χ1) is 4.81. The van der Waals surface area contributed by atoms with E-state index in [4.69, 9.17) is 0 Å². The van der Waals surface area contributed by atoms with Crippen LogP contribution < -0.4 is 0 Å². The summed E-state index contributed by atoms with van der Waals surface area (Å²) in [6.07, 6.45) is 0. The molecule has 0 spiro atoms. The fourth-order valence-corrected chi connectivity index (χ4v) is 0.312. The van der Waals surface area contributed by atoms with Crippen molar-refractivity contribution in [2.45, 2.75) is 13.8 Å². The van der Waals surface area contributed by atoms with Gasteiger partial charge in [-0.1, -0.05) is 11.8 Å². The zero-order valence-electron chi connectivity index (χ0n) is 6.02. The van der Waals surface area contributed by atoms with Crippen molar-refractivity contribution in [2.75, 3.05) is 6.61 Å². The van der Waals surface area contributed by atoms with E-state index >= 15 is 0 Å². The van der Waals surface area contributed by atoms with Gasteiger partial charge in [-0.15, -0.1) is 5.92 Å². The van der Waals surface area contributed by atoms with E-state index in [-0.39, 0.29) is 6.61 Å². The van der Waals surface area contributed by atoms with Gasteiger partial charge in [-0.05, 0) is 13.8 Å². The fraction of sp³-hybridized carbons (Fsp3) is 0.375. The van der Waals surface area contributed by atoms with Crippen LogP contribution in [0.4, 0.5) is 0 Å². The summed E-state index contributed by atoms with van der Waals surface area (Å²) in [6.45, 7) is 3.39. The molecular formula is C8H8O2. The average molecular weight is 136 g/mol. The van der Waals surface area contributed by atoms with Crippen molar-refractivity contribution < 1.29 is 9.53 Å². The number of carbonyl (C=O) groups is 1. The summed E-state index contributed by atoms with van der Waals surface area (Å²) in [7, 11) is 0. The Balaban J connectivity index is 3.53. The van der Waals surface area contributed by atoms with Crippen LogP contribution in [-0.4, -0.2) is 12.6 Å². The molecule has 0 amide bonds. The molecule has 0 atom stereocenters. The van der Waals surface area contributed by atoms with Gasteiger partial charge in [-0.2, -0.15) is 0 Å². The molecular weight excluding hydrogens is 128 g/mol. The molecule has 0 aliphatic carbocycles. The second-order valence-electron chi connectivity index (χ2n) is 1.38. The number of hydrogen-bond donors (Lipinski definition) is 0. The maximum Gasteiger partial charge on any atom is 0.385 e. The first-order valence-corrected chi connectivity index (χ1v) is 2.80. The molecule has 2 heteroatoms. The molecule has 0 bridgehead atoms. The van der Waals surface area contributed by atoms with E-state index in [1.165, 1.54) is 0 Å². The van der Waals surface area contributed by atoms with Crippen molar-refractivity contribution in [3.8, 4) is 23.7 Å². The van der Waals surface area contributed by atoms with Gasteiger partial charge in [-0.3, -0.25) is 0 Å². The summed E-state index contributed by atoms with van der Waals surface area (Å²) >= 11 is 0. The van der Waals surface area contributed by atoms with Gasteiger partial charge < -0.3 is 4.74 Å². The standard InChI is InChI=1S/C8H8O2/c1-3-5-7-10-8(9)6-4-2/h7H2,1-2H3. The Bertz CT molecular complexity index is 219. The molecule has 0 N–H and O–H groups in total. The highest BCUT2D eigenvalue weighted by molar-refractivity contribution is 5.88. The van der Waals surface area contributed by atoms with Crippen molar-refractivity contribution in [1.29, 1.82) is 0 Å². The smallest absolute Gasteiger partial charge is 0.385 e. The van der Waals surface area contributed by atoms with Crippen LogP contribution in [0.1, 0.15) is 13.8 Å². The molecule has 0 saturated carbocycles. The maximum atomic E-state index is 10.5. The van der Waals surface area contributed by atoms with Crippen LogP contribution in [0.3, 0.4) is 0 Å². The molecule has 10 heavy (non-hydrogen) atoms. The number of carbonyl (C=O) groups excluding carboxylic acids is 1. The van der Waals surface area contributed by atoms with Crippen molar-refractivity contribution >= 4 is 5.97 Å². The molecule has 2 nitrogen and oxygen atoms in total. The second-order valence-corrected chi connectivity index (χ2v) is 1.38. The molecule has 0 heterocycles. The molecule has 0 aliphatic heterocycles. The Morgan fingerprint density at radius 2 is 2.10 bits per heavy atom. The highest BCUT2D eigenvalue weighted by atomic mass is 16.5. The lowest BCUT2D eigenvalue weighted by Gasteiger charge is -1.89. The van der Waals surface area contributed by atoms with Crippen molar-refractivity contribution in [3.05, 3.63) is 0 Å². The molecule has 0 aliphatic rings. The van der Waals surface area contributed by atoms with Gasteiger partial charge in [0.25, 0.3) is 0 Å². The lowest BCUT2D eigenvalue weighted by Crippen LogP contribution is -2.00. The average Bonchev–Trinajstić information content (AvgIpc) is 1.89. The minimum Gasteiger partial charge on any atom is -0.443 e. The van der Waals surface area contributed by atoms with E-state index in [1.54, 1.807) is 13.8 Å². The van der Waals surface area contributed by atoms with Gasteiger partial charge >= 0.3 is 5.97 Å². The molecule has 0 aromatic rings. The van der Waals surface area contributed by atoms with Crippen LogP contribution in [0.5, 0.6) is 0 Å². The van der Waals surface area contributed by atoms with Gasteiger partial charge in [0.2, 0.25) is 0 Å². The third-order valence-electron chi connectivity index (χ3n) is 0.679. The normalized spacial score (nSPS) is 6.20. The Morgan fingerprint density at radius 3 is 2.60 bits per heavy atom. The quantitative estimate of drug-likeness (QED) is 0.299. The Hall–Kier alpha value is -1.41. The summed E-state index contributed by atoms with van der Waals surface area (Å²) in [5.74, 6) is 9.29. The molecule has 0 unspecified atom stereocenters. The highest BCUT2D eigenvalue weighted by Gasteiger charge is 1.90. The largest absolute Gasteiger partial charge is 0.443 e. The molecule has 0 saturated heterocycles. The lowest BCUT2D eigenvalue weighted by atomic mass is 10.6. The summed E-state index contributed by atoms with van der Waals surface area (Å²) < 4.78 is 4.54. The van der Waals surface area contributed by atoms with E-state index < -0.39 is 5.97 Å². The minimum atomic E-state index is -0.523. The molecule has 52 valence electrons. The molecule has 0 fully saturated rings. The molecule has 0 aromatic carbocycles. The lowest BCUT2D eigenvalue weighted by molar-refractivity contribution is -0.135. The van der Waals surface area contributed by atoms with Gasteiger partial charge in [0.05, 0.1) is 0 Å². The van der Waals surface area contributed by atoms with Crippen LogP contribution in [-0.2, 0) is 9.53 Å². The van der Waals surface area contributed by atoms with Gasteiger partial charge in [0.1, 0.15) is 0 Å². The molecule has 0 aromatic heterocycles. The second kappa shape index (κ2) is 5.72. The zero-order valence-corrected chi connectivity index (χ0v) is 6.02. The summed E-state index contributed by atoms with van der Waals surface area (Å²) in [6, 6.07) is 0. The van der Waals surface area contributed by atoms with Gasteiger partial charge in [-0.25, -0.2) is 4.79 Å². The van der Waals surface area contributed by atoms with Crippen LogP contribution in [0.2, 0.25) is 0 Å². The zero-order chi connectivity index (χ0) is 7.82. The fourth-order valence-electron chi connectivity index (χ4n) is 0.312. The van der Waals surface area contributed by atoms with Crippen LogP contribution in [0.15, 0.2) is 0 Å². The predicted octanol–water partition coefficient (Wildman–Crippen LogP) is 0.576. The van der Waals surface area contributed by atoms with E-state index in [1.807, 2.05) is 0 Å². The summed E-state index contributed by atoms with van der Waals surface area (Å²) in [4.78, 5) is 10.5. The van der Waals surface area contributed by atoms with Crippen molar-refractivity contribution in [1.82, 2.24) is 0 Å². The third kappa shape index (κ3) is 4.74. The molecule has 0 rings (SSSR count). The minimum absolute atomic E-state index is 0.129. The van der Waals surface area contributed by atoms with E-state index in [2.05, 4.69) is 28.4 Å². The van der Waals surface area contributed by atoms with Gasteiger partial charge in [0.15, 0.2) is 6.61 Å². The van der Waals surface area contributed by atoms with Crippen LogP contribution >= 0.6 is 0 Å².